The highest BCUT2D eigenvalue weighted by atomic mass is 32.1. The summed E-state index contributed by atoms with van der Waals surface area (Å²) < 4.78 is 0. The van der Waals surface area contributed by atoms with Crippen molar-refractivity contribution in [3.8, 4) is 11.4 Å². The topological polar surface area (TPSA) is 51.8 Å². The molecule has 0 radical (unpaired) electrons. The Balaban J connectivity index is 2.35. The third-order valence-corrected chi connectivity index (χ3v) is 4.41. The third-order valence-electron chi connectivity index (χ3n) is 2.44. The van der Waals surface area contributed by atoms with E-state index in [1.807, 2.05) is 6.92 Å². The molecule has 0 amide bonds. The Morgan fingerprint density at radius 2 is 2.12 bits per heavy atom. The lowest BCUT2D eigenvalue weighted by Crippen LogP contribution is -2.08. The van der Waals surface area contributed by atoms with Crippen molar-refractivity contribution in [3.63, 3.8) is 0 Å². The average Bonchev–Trinajstić information content (AvgIpc) is 2.83. The van der Waals surface area contributed by atoms with Crippen molar-refractivity contribution in [2.75, 3.05) is 6.54 Å². The predicted octanol–water partition coefficient (Wildman–Crippen LogP) is 2.95. The molecule has 1 unspecified atom stereocenters. The highest BCUT2D eigenvalue weighted by molar-refractivity contribution is 7.12. The molecule has 1 atom stereocenters. The maximum atomic E-state index is 5.64. The van der Waals surface area contributed by atoms with Crippen molar-refractivity contribution in [2.45, 2.75) is 26.7 Å². The first-order valence-electron chi connectivity index (χ1n) is 5.21. The van der Waals surface area contributed by atoms with Crippen LogP contribution in [0, 0.1) is 13.8 Å². The number of hydrogen-bond acceptors (Lipinski definition) is 5. The number of rotatable bonds is 3. The number of aryl methyl sites for hydroxylation is 2. The van der Waals surface area contributed by atoms with E-state index in [1.54, 1.807) is 22.7 Å². The molecule has 2 aromatic rings. The molecule has 0 aromatic carbocycles. The fourth-order valence-electron chi connectivity index (χ4n) is 1.49. The van der Waals surface area contributed by atoms with Gasteiger partial charge < -0.3 is 5.73 Å². The van der Waals surface area contributed by atoms with Gasteiger partial charge in [0.05, 0.1) is 10.0 Å². The first-order chi connectivity index (χ1) is 7.61. The van der Waals surface area contributed by atoms with Gasteiger partial charge in [-0.2, -0.15) is 0 Å². The van der Waals surface area contributed by atoms with Crippen LogP contribution in [0.5, 0.6) is 0 Å². The minimum absolute atomic E-state index is 0.332. The lowest BCUT2D eigenvalue weighted by atomic mass is 10.2. The van der Waals surface area contributed by atoms with Gasteiger partial charge in [-0.15, -0.1) is 22.7 Å². The van der Waals surface area contributed by atoms with Crippen molar-refractivity contribution in [1.82, 2.24) is 9.97 Å². The molecule has 2 N–H and O–H groups in total. The van der Waals surface area contributed by atoms with Gasteiger partial charge in [-0.3, -0.25) is 0 Å². The number of nitrogens with two attached hydrogens (primary N) is 1. The molecule has 16 heavy (non-hydrogen) atoms. The predicted molar refractivity (Wildman–Crippen MR) is 70.2 cm³/mol. The Morgan fingerprint density at radius 1 is 1.38 bits per heavy atom. The van der Waals surface area contributed by atoms with Crippen LogP contribution in [-0.4, -0.2) is 16.5 Å². The van der Waals surface area contributed by atoms with Crippen LogP contribution < -0.4 is 5.73 Å². The largest absolute Gasteiger partial charge is 0.330 e. The SMILES string of the molecule is Cc1nc(-c2csc(C(C)CN)n2)c(C)s1. The number of hydrogen-bond donors (Lipinski definition) is 1. The van der Waals surface area contributed by atoms with E-state index < -0.39 is 0 Å². The first-order valence-corrected chi connectivity index (χ1v) is 6.91. The lowest BCUT2D eigenvalue weighted by Gasteiger charge is -2.01. The molecule has 0 saturated carbocycles. The van der Waals surface area contributed by atoms with Crippen molar-refractivity contribution in [1.29, 1.82) is 0 Å². The van der Waals surface area contributed by atoms with E-state index in [2.05, 4.69) is 29.2 Å². The second-order valence-corrected chi connectivity index (χ2v) is 6.14. The zero-order valence-electron chi connectivity index (χ0n) is 9.65. The van der Waals surface area contributed by atoms with Gasteiger partial charge in [0.2, 0.25) is 0 Å². The van der Waals surface area contributed by atoms with Crippen LogP contribution in [-0.2, 0) is 0 Å². The molecule has 2 heterocycles. The van der Waals surface area contributed by atoms with E-state index in [0.717, 1.165) is 21.4 Å². The van der Waals surface area contributed by atoms with Crippen LogP contribution in [0.4, 0.5) is 0 Å². The quantitative estimate of drug-likeness (QED) is 0.915. The van der Waals surface area contributed by atoms with Gasteiger partial charge in [-0.05, 0) is 13.8 Å². The average molecular weight is 253 g/mol. The summed E-state index contributed by atoms with van der Waals surface area (Å²) in [5, 5.41) is 4.26. The summed E-state index contributed by atoms with van der Waals surface area (Å²) in [4.78, 5) is 10.3. The van der Waals surface area contributed by atoms with Crippen molar-refractivity contribution in [2.24, 2.45) is 5.73 Å². The molecule has 5 heteroatoms. The normalized spacial score (nSPS) is 13.0. The summed E-state index contributed by atoms with van der Waals surface area (Å²) in [7, 11) is 0. The summed E-state index contributed by atoms with van der Waals surface area (Å²) in [6.07, 6.45) is 0. The summed E-state index contributed by atoms with van der Waals surface area (Å²) in [5.74, 6) is 0.332. The van der Waals surface area contributed by atoms with Crippen LogP contribution in [0.1, 0.15) is 27.7 Å². The van der Waals surface area contributed by atoms with Crippen molar-refractivity contribution in [3.05, 3.63) is 20.3 Å². The molecule has 0 bridgehead atoms. The molecule has 0 aliphatic heterocycles. The minimum Gasteiger partial charge on any atom is -0.330 e. The van der Waals surface area contributed by atoms with Gasteiger partial charge in [0.1, 0.15) is 11.4 Å². The number of aromatic nitrogens is 2. The van der Waals surface area contributed by atoms with Gasteiger partial charge in [0, 0.05) is 22.7 Å². The first kappa shape index (κ1) is 11.7. The molecule has 86 valence electrons. The minimum atomic E-state index is 0.332. The van der Waals surface area contributed by atoms with Crippen LogP contribution in [0.25, 0.3) is 11.4 Å². The highest BCUT2D eigenvalue weighted by Gasteiger charge is 2.13. The molecule has 2 aromatic heterocycles. The van der Waals surface area contributed by atoms with Crippen molar-refractivity contribution >= 4 is 22.7 Å². The molecule has 0 saturated heterocycles. The Bertz CT molecular complexity index is 487. The highest BCUT2D eigenvalue weighted by Crippen LogP contribution is 2.30. The standard InChI is InChI=1S/C11H15N3S2/c1-6(4-12)11-14-9(5-15-11)10-7(2)16-8(3)13-10/h5-6H,4,12H2,1-3H3. The smallest absolute Gasteiger partial charge is 0.104 e. The van der Waals surface area contributed by atoms with Gasteiger partial charge in [-0.25, -0.2) is 9.97 Å². The fraction of sp³-hybridized carbons (Fsp3) is 0.455. The van der Waals surface area contributed by atoms with Gasteiger partial charge in [-0.1, -0.05) is 6.92 Å². The monoisotopic (exact) mass is 253 g/mol. The Morgan fingerprint density at radius 3 is 2.69 bits per heavy atom. The van der Waals surface area contributed by atoms with Crippen LogP contribution in [0.2, 0.25) is 0 Å². The summed E-state index contributed by atoms with van der Waals surface area (Å²) in [5.41, 5.74) is 7.65. The van der Waals surface area contributed by atoms with Gasteiger partial charge in [0.25, 0.3) is 0 Å². The van der Waals surface area contributed by atoms with E-state index in [-0.39, 0.29) is 0 Å². The molecule has 2 rings (SSSR count). The fourth-order valence-corrected chi connectivity index (χ4v) is 3.19. The number of thiazole rings is 2. The molecule has 3 nitrogen and oxygen atoms in total. The van der Waals surface area contributed by atoms with E-state index in [4.69, 9.17) is 5.73 Å². The van der Waals surface area contributed by atoms with Crippen molar-refractivity contribution < 1.29 is 0 Å². The second kappa shape index (κ2) is 4.61. The molecule has 0 aliphatic rings. The zero-order valence-corrected chi connectivity index (χ0v) is 11.3. The maximum Gasteiger partial charge on any atom is 0.104 e. The van der Waals surface area contributed by atoms with Crippen LogP contribution in [0.15, 0.2) is 5.38 Å². The summed E-state index contributed by atoms with van der Waals surface area (Å²) in [6.45, 7) is 6.85. The molecule has 0 aliphatic carbocycles. The zero-order chi connectivity index (χ0) is 11.7. The van der Waals surface area contributed by atoms with Gasteiger partial charge in [0.15, 0.2) is 0 Å². The lowest BCUT2D eigenvalue weighted by molar-refractivity contribution is 0.766. The third kappa shape index (κ3) is 2.16. The second-order valence-electron chi connectivity index (χ2n) is 3.85. The van der Waals surface area contributed by atoms with E-state index in [0.29, 0.717) is 12.5 Å². The van der Waals surface area contributed by atoms with E-state index in [9.17, 15) is 0 Å². The molecular formula is C11H15N3S2. The Kier molecular flexibility index (Phi) is 3.37. The summed E-state index contributed by atoms with van der Waals surface area (Å²) in [6, 6.07) is 0. The maximum absolute atomic E-state index is 5.64. The Hall–Kier alpha value is -0.780. The van der Waals surface area contributed by atoms with E-state index >= 15 is 0 Å². The van der Waals surface area contributed by atoms with Crippen LogP contribution in [0.3, 0.4) is 0 Å². The molecule has 0 spiro atoms. The molecular weight excluding hydrogens is 238 g/mol. The van der Waals surface area contributed by atoms with Gasteiger partial charge >= 0.3 is 0 Å². The number of nitrogens with zero attached hydrogens (tertiary/aromatic N) is 2. The van der Waals surface area contributed by atoms with E-state index in [1.165, 1.54) is 4.88 Å². The summed E-state index contributed by atoms with van der Waals surface area (Å²) >= 11 is 3.38. The van der Waals surface area contributed by atoms with Crippen LogP contribution >= 0.6 is 22.7 Å². The Labute approximate surface area is 103 Å². The molecule has 0 fully saturated rings.